The molecule has 0 bridgehead atoms. The predicted molar refractivity (Wildman–Crippen MR) is 70.7 cm³/mol. The van der Waals surface area contributed by atoms with Crippen molar-refractivity contribution in [2.75, 3.05) is 11.1 Å². The van der Waals surface area contributed by atoms with Gasteiger partial charge in [0.05, 0.1) is 4.88 Å². The fraction of sp³-hybridized carbons (Fsp3) is 0. The van der Waals surface area contributed by atoms with Crippen LogP contribution in [0.5, 0.6) is 0 Å². The number of carbonyl (C=O) groups excluding carboxylic acids is 1. The molecule has 3 aromatic rings. The van der Waals surface area contributed by atoms with Crippen LogP contribution in [0.3, 0.4) is 0 Å². The Hall–Kier alpha value is -2.34. The summed E-state index contributed by atoms with van der Waals surface area (Å²) in [4.78, 5) is 12.6. The van der Waals surface area contributed by atoms with Crippen LogP contribution >= 0.6 is 11.3 Å². The molecule has 3 rings (SSSR count). The van der Waals surface area contributed by atoms with Gasteiger partial charge in [-0.05, 0) is 29.7 Å². The molecule has 0 aliphatic heterocycles. The number of amides is 1. The molecule has 3 N–H and O–H groups in total. The Morgan fingerprint density at radius 2 is 2.22 bits per heavy atom. The van der Waals surface area contributed by atoms with E-state index in [1.54, 1.807) is 6.07 Å². The molecule has 18 heavy (non-hydrogen) atoms. The van der Waals surface area contributed by atoms with Crippen LogP contribution in [0.2, 0.25) is 0 Å². The molecule has 0 unspecified atom stereocenters. The second-order valence-electron chi connectivity index (χ2n) is 3.75. The third-order valence-corrected chi connectivity index (χ3v) is 3.56. The first-order valence-electron chi connectivity index (χ1n) is 5.23. The summed E-state index contributed by atoms with van der Waals surface area (Å²) in [6.07, 6.45) is 1.40. The normalized spacial score (nSPS) is 10.7. The van der Waals surface area contributed by atoms with E-state index in [9.17, 15) is 4.79 Å². The SMILES string of the molecule is Nc1ccc2sc(C(=O)Nc3ccon3)cc2c1. The predicted octanol–water partition coefficient (Wildman–Crippen LogP) is 2.72. The maximum atomic E-state index is 12.0. The van der Waals surface area contributed by atoms with Gasteiger partial charge in [0, 0.05) is 16.5 Å². The summed E-state index contributed by atoms with van der Waals surface area (Å²) in [7, 11) is 0. The van der Waals surface area contributed by atoms with Crippen LogP contribution in [-0.2, 0) is 0 Å². The minimum Gasteiger partial charge on any atom is -0.399 e. The van der Waals surface area contributed by atoms with Crippen molar-refractivity contribution in [1.82, 2.24) is 5.16 Å². The monoisotopic (exact) mass is 259 g/mol. The standard InChI is InChI=1S/C12H9N3O2S/c13-8-1-2-9-7(5-8)6-10(18-9)12(16)14-11-3-4-17-15-11/h1-6H,13H2,(H,14,15,16). The molecule has 6 heteroatoms. The molecular formula is C12H9N3O2S. The van der Waals surface area contributed by atoms with Crippen molar-refractivity contribution < 1.29 is 9.32 Å². The molecule has 5 nitrogen and oxygen atoms in total. The number of hydrogen-bond donors (Lipinski definition) is 2. The highest BCUT2D eigenvalue weighted by Crippen LogP contribution is 2.27. The summed E-state index contributed by atoms with van der Waals surface area (Å²) in [5.74, 6) is 0.195. The van der Waals surface area contributed by atoms with Gasteiger partial charge in [0.25, 0.3) is 5.91 Å². The molecule has 0 aliphatic carbocycles. The first kappa shape index (κ1) is 10.8. The van der Waals surface area contributed by atoms with Crippen molar-refractivity contribution in [2.24, 2.45) is 0 Å². The van der Waals surface area contributed by atoms with Crippen LogP contribution in [0.25, 0.3) is 10.1 Å². The zero-order chi connectivity index (χ0) is 12.5. The highest BCUT2D eigenvalue weighted by atomic mass is 32.1. The second kappa shape index (κ2) is 4.15. The zero-order valence-electron chi connectivity index (χ0n) is 9.21. The van der Waals surface area contributed by atoms with Crippen molar-refractivity contribution in [3.05, 3.63) is 41.5 Å². The molecular weight excluding hydrogens is 250 g/mol. The molecule has 0 radical (unpaired) electrons. The summed E-state index contributed by atoms with van der Waals surface area (Å²) >= 11 is 1.41. The molecule has 1 amide bonds. The van der Waals surface area contributed by atoms with Gasteiger partial charge in [-0.15, -0.1) is 11.3 Å². The van der Waals surface area contributed by atoms with E-state index in [1.165, 1.54) is 17.6 Å². The van der Waals surface area contributed by atoms with Gasteiger partial charge in [-0.2, -0.15) is 0 Å². The number of carbonyl (C=O) groups is 1. The van der Waals surface area contributed by atoms with Crippen molar-refractivity contribution in [2.45, 2.75) is 0 Å². The molecule has 0 fully saturated rings. The zero-order valence-corrected chi connectivity index (χ0v) is 10.0. The number of aromatic nitrogens is 1. The first-order valence-corrected chi connectivity index (χ1v) is 6.05. The second-order valence-corrected chi connectivity index (χ2v) is 4.83. The summed E-state index contributed by atoms with van der Waals surface area (Å²) in [5, 5.41) is 7.24. The number of rotatable bonds is 2. The summed E-state index contributed by atoms with van der Waals surface area (Å²) < 4.78 is 5.67. The van der Waals surface area contributed by atoms with Crippen molar-refractivity contribution in [1.29, 1.82) is 0 Å². The summed E-state index contributed by atoms with van der Waals surface area (Å²) in [6.45, 7) is 0. The van der Waals surface area contributed by atoms with Gasteiger partial charge in [-0.25, -0.2) is 0 Å². The highest BCUT2D eigenvalue weighted by molar-refractivity contribution is 7.20. The van der Waals surface area contributed by atoms with E-state index in [4.69, 9.17) is 5.73 Å². The lowest BCUT2D eigenvalue weighted by molar-refractivity contribution is 0.102. The Morgan fingerprint density at radius 1 is 1.33 bits per heavy atom. The first-order chi connectivity index (χ1) is 8.72. The molecule has 0 spiro atoms. The van der Waals surface area contributed by atoms with E-state index in [1.807, 2.05) is 24.3 Å². The van der Waals surface area contributed by atoms with Crippen LogP contribution in [0.1, 0.15) is 9.67 Å². The molecule has 0 aliphatic rings. The van der Waals surface area contributed by atoms with Crippen LogP contribution in [0.4, 0.5) is 11.5 Å². The number of benzene rings is 1. The van der Waals surface area contributed by atoms with E-state index in [0.717, 1.165) is 10.1 Å². The Bertz CT molecular complexity index is 703. The molecule has 0 saturated heterocycles. The number of nitrogens with two attached hydrogens (primary N) is 1. The minimum atomic E-state index is -0.205. The number of hydrogen-bond acceptors (Lipinski definition) is 5. The molecule has 1 aromatic carbocycles. The molecule has 0 saturated carbocycles. The Labute approximate surface area is 106 Å². The summed E-state index contributed by atoms with van der Waals surface area (Å²) in [5.41, 5.74) is 6.38. The van der Waals surface area contributed by atoms with Gasteiger partial charge in [0.2, 0.25) is 0 Å². The average Bonchev–Trinajstić information content (AvgIpc) is 2.96. The van der Waals surface area contributed by atoms with Gasteiger partial charge in [0.15, 0.2) is 5.82 Å². The number of anilines is 2. The smallest absolute Gasteiger partial charge is 0.267 e. The fourth-order valence-corrected chi connectivity index (χ4v) is 2.57. The lowest BCUT2D eigenvalue weighted by Gasteiger charge is -1.96. The van der Waals surface area contributed by atoms with Gasteiger partial charge in [-0.1, -0.05) is 5.16 Å². The molecule has 90 valence electrons. The number of thiophene rings is 1. The van der Waals surface area contributed by atoms with Gasteiger partial charge < -0.3 is 15.6 Å². The lowest BCUT2D eigenvalue weighted by Crippen LogP contribution is -2.09. The molecule has 2 aromatic heterocycles. The van der Waals surface area contributed by atoms with E-state index in [0.29, 0.717) is 16.4 Å². The van der Waals surface area contributed by atoms with Gasteiger partial charge in [0.1, 0.15) is 6.26 Å². The maximum absolute atomic E-state index is 12.0. The molecule has 2 heterocycles. The van der Waals surface area contributed by atoms with E-state index >= 15 is 0 Å². The summed E-state index contributed by atoms with van der Waals surface area (Å²) in [6, 6.07) is 8.97. The van der Waals surface area contributed by atoms with Crippen molar-refractivity contribution >= 4 is 38.8 Å². The Kier molecular flexibility index (Phi) is 2.49. The topological polar surface area (TPSA) is 81.2 Å². The Morgan fingerprint density at radius 3 is 3.00 bits per heavy atom. The number of fused-ring (bicyclic) bond motifs is 1. The number of nitrogens with one attached hydrogen (secondary N) is 1. The fourth-order valence-electron chi connectivity index (χ4n) is 1.63. The van der Waals surface area contributed by atoms with Crippen LogP contribution in [-0.4, -0.2) is 11.1 Å². The van der Waals surface area contributed by atoms with Crippen LogP contribution < -0.4 is 11.1 Å². The van der Waals surface area contributed by atoms with Crippen molar-refractivity contribution in [3.8, 4) is 0 Å². The number of nitrogens with zero attached hydrogens (tertiary/aromatic N) is 1. The van der Waals surface area contributed by atoms with Gasteiger partial charge in [-0.3, -0.25) is 4.79 Å². The van der Waals surface area contributed by atoms with Crippen molar-refractivity contribution in [3.63, 3.8) is 0 Å². The largest absolute Gasteiger partial charge is 0.399 e. The van der Waals surface area contributed by atoms with Gasteiger partial charge >= 0.3 is 0 Å². The van der Waals surface area contributed by atoms with E-state index in [-0.39, 0.29) is 5.91 Å². The van der Waals surface area contributed by atoms with E-state index < -0.39 is 0 Å². The lowest BCUT2D eigenvalue weighted by atomic mass is 10.2. The van der Waals surface area contributed by atoms with Crippen LogP contribution in [0, 0.1) is 0 Å². The average molecular weight is 259 g/mol. The highest BCUT2D eigenvalue weighted by Gasteiger charge is 2.11. The Balaban J connectivity index is 1.92. The third kappa shape index (κ3) is 1.93. The molecule has 0 atom stereocenters. The third-order valence-electron chi connectivity index (χ3n) is 2.44. The maximum Gasteiger partial charge on any atom is 0.267 e. The van der Waals surface area contributed by atoms with Crippen LogP contribution in [0.15, 0.2) is 41.1 Å². The minimum absolute atomic E-state index is 0.205. The quantitative estimate of drug-likeness (QED) is 0.693. The van der Waals surface area contributed by atoms with E-state index in [2.05, 4.69) is 15.0 Å². The number of nitrogen functional groups attached to an aromatic ring is 1.